The Balaban J connectivity index is 2.97. The summed E-state index contributed by atoms with van der Waals surface area (Å²) in [5.41, 5.74) is 1.91. The largest absolute Gasteiger partial charge is 0.329 e. The van der Waals surface area contributed by atoms with Gasteiger partial charge < -0.3 is 0 Å². The highest BCUT2D eigenvalue weighted by atomic mass is 16.2. The number of nitrogens with two attached hydrogens (primary N) is 1. The average molecular weight is 236 g/mol. The molecule has 2 aromatic heterocycles. The summed E-state index contributed by atoms with van der Waals surface area (Å²) in [4.78, 5) is 29.4. The second kappa shape index (κ2) is 3.91. The Kier molecular flexibility index (Phi) is 2.56. The Morgan fingerprint density at radius 2 is 2.29 bits per heavy atom. The molecule has 0 saturated heterocycles. The zero-order valence-corrected chi connectivity index (χ0v) is 9.23. The number of aromatic amines is 1. The van der Waals surface area contributed by atoms with Crippen molar-refractivity contribution in [3.63, 3.8) is 0 Å². The highest BCUT2D eigenvalue weighted by Crippen LogP contribution is 2.13. The van der Waals surface area contributed by atoms with Gasteiger partial charge in [-0.2, -0.15) is 4.98 Å². The van der Waals surface area contributed by atoms with Gasteiger partial charge in [-0.3, -0.25) is 24.3 Å². The Hall–Kier alpha value is -2.35. The van der Waals surface area contributed by atoms with Crippen LogP contribution in [-0.4, -0.2) is 19.1 Å². The molecule has 0 aromatic carbocycles. The molecule has 0 unspecified atom stereocenters. The molecule has 0 radical (unpaired) electrons. The SMILES string of the molecule is C=CCn1c(NN)nc2c1c(=O)[nH]c(=O)n2C. The number of hydrogen-bond donors (Lipinski definition) is 3. The van der Waals surface area contributed by atoms with Crippen molar-refractivity contribution in [2.45, 2.75) is 6.54 Å². The van der Waals surface area contributed by atoms with Crippen LogP contribution in [0.3, 0.4) is 0 Å². The second-order valence-electron chi connectivity index (χ2n) is 3.47. The minimum atomic E-state index is -0.519. The lowest BCUT2D eigenvalue weighted by Crippen LogP contribution is -2.29. The molecule has 2 heterocycles. The summed E-state index contributed by atoms with van der Waals surface area (Å²) < 4.78 is 2.79. The summed E-state index contributed by atoms with van der Waals surface area (Å²) in [5, 5.41) is 0. The van der Waals surface area contributed by atoms with Crippen LogP contribution < -0.4 is 22.5 Å². The molecule has 0 bridgehead atoms. The van der Waals surface area contributed by atoms with Gasteiger partial charge in [-0.25, -0.2) is 10.6 Å². The van der Waals surface area contributed by atoms with Gasteiger partial charge in [-0.05, 0) is 0 Å². The molecular weight excluding hydrogens is 224 g/mol. The van der Waals surface area contributed by atoms with E-state index in [0.717, 1.165) is 0 Å². The second-order valence-corrected chi connectivity index (χ2v) is 3.47. The normalized spacial score (nSPS) is 10.7. The van der Waals surface area contributed by atoms with Crippen LogP contribution in [0.25, 0.3) is 11.2 Å². The van der Waals surface area contributed by atoms with Crippen molar-refractivity contribution in [1.82, 2.24) is 19.1 Å². The predicted molar refractivity (Wildman–Crippen MR) is 63.6 cm³/mol. The fourth-order valence-corrected chi connectivity index (χ4v) is 1.65. The third-order valence-corrected chi connectivity index (χ3v) is 2.45. The number of nitrogens with one attached hydrogen (secondary N) is 2. The van der Waals surface area contributed by atoms with Crippen LogP contribution >= 0.6 is 0 Å². The average Bonchev–Trinajstić information content (AvgIpc) is 2.66. The standard InChI is InChI=1S/C9H12N6O2/c1-3-4-15-5-6(11-8(15)13-10)14(2)9(17)12-7(5)16/h3H,1,4,10H2,2H3,(H,11,13)(H,12,16,17). The fourth-order valence-electron chi connectivity index (χ4n) is 1.65. The van der Waals surface area contributed by atoms with Crippen LogP contribution in [0.1, 0.15) is 0 Å². The molecule has 8 heteroatoms. The summed E-state index contributed by atoms with van der Waals surface area (Å²) in [6, 6.07) is 0. The van der Waals surface area contributed by atoms with Gasteiger partial charge in [0.1, 0.15) is 0 Å². The molecule has 0 aliphatic carbocycles. The molecule has 8 nitrogen and oxygen atoms in total. The number of nitrogens with zero attached hydrogens (tertiary/aromatic N) is 3. The smallest absolute Gasteiger partial charge is 0.299 e. The monoisotopic (exact) mass is 236 g/mol. The summed E-state index contributed by atoms with van der Waals surface area (Å²) >= 11 is 0. The molecule has 17 heavy (non-hydrogen) atoms. The summed E-state index contributed by atoms with van der Waals surface area (Å²) in [6.07, 6.45) is 1.60. The molecule has 4 N–H and O–H groups in total. The molecule has 2 rings (SSSR count). The van der Waals surface area contributed by atoms with E-state index in [4.69, 9.17) is 5.84 Å². The number of aromatic nitrogens is 4. The molecule has 0 fully saturated rings. The summed E-state index contributed by atoms with van der Waals surface area (Å²) in [7, 11) is 1.52. The number of H-pyrrole nitrogens is 1. The summed E-state index contributed by atoms with van der Waals surface area (Å²) in [6.45, 7) is 3.95. The first-order valence-corrected chi connectivity index (χ1v) is 4.87. The lowest BCUT2D eigenvalue weighted by atomic mass is 10.5. The van der Waals surface area contributed by atoms with Crippen molar-refractivity contribution in [3.8, 4) is 0 Å². The third-order valence-electron chi connectivity index (χ3n) is 2.45. The first-order valence-electron chi connectivity index (χ1n) is 4.87. The molecule has 0 spiro atoms. The van der Waals surface area contributed by atoms with Crippen molar-refractivity contribution >= 4 is 17.1 Å². The van der Waals surface area contributed by atoms with Gasteiger partial charge in [0.05, 0.1) is 0 Å². The van der Waals surface area contributed by atoms with Crippen LogP contribution in [0.15, 0.2) is 22.2 Å². The number of imidazole rings is 1. The van der Waals surface area contributed by atoms with E-state index in [9.17, 15) is 9.59 Å². The fraction of sp³-hybridized carbons (Fsp3) is 0.222. The number of rotatable bonds is 3. The van der Waals surface area contributed by atoms with Crippen LogP contribution in [0.4, 0.5) is 5.95 Å². The topological polar surface area (TPSA) is 111 Å². The van der Waals surface area contributed by atoms with Crippen molar-refractivity contribution in [1.29, 1.82) is 0 Å². The maximum atomic E-state index is 11.7. The van der Waals surface area contributed by atoms with E-state index in [-0.39, 0.29) is 11.2 Å². The van der Waals surface area contributed by atoms with E-state index in [1.54, 1.807) is 10.6 Å². The zero-order chi connectivity index (χ0) is 12.6. The minimum absolute atomic E-state index is 0.272. The van der Waals surface area contributed by atoms with Crippen molar-refractivity contribution in [3.05, 3.63) is 33.5 Å². The van der Waals surface area contributed by atoms with E-state index in [0.29, 0.717) is 12.5 Å². The van der Waals surface area contributed by atoms with E-state index >= 15 is 0 Å². The van der Waals surface area contributed by atoms with Gasteiger partial charge in [-0.15, -0.1) is 6.58 Å². The van der Waals surface area contributed by atoms with Crippen molar-refractivity contribution in [2.75, 3.05) is 5.43 Å². The predicted octanol–water partition coefficient (Wildman–Crippen LogP) is -1.11. The maximum Gasteiger partial charge on any atom is 0.329 e. The lowest BCUT2D eigenvalue weighted by molar-refractivity contribution is 0.819. The number of fused-ring (bicyclic) bond motifs is 1. The maximum absolute atomic E-state index is 11.7. The molecule has 0 aliphatic rings. The van der Waals surface area contributed by atoms with Gasteiger partial charge in [-0.1, -0.05) is 6.08 Å². The van der Waals surface area contributed by atoms with Crippen LogP contribution in [-0.2, 0) is 13.6 Å². The zero-order valence-electron chi connectivity index (χ0n) is 9.23. The first-order chi connectivity index (χ1) is 8.10. The van der Waals surface area contributed by atoms with Crippen LogP contribution in [0, 0.1) is 0 Å². The Bertz CT molecular complexity index is 692. The number of allylic oxidation sites excluding steroid dienone is 1. The number of nitrogen functional groups attached to an aromatic ring is 1. The van der Waals surface area contributed by atoms with Gasteiger partial charge >= 0.3 is 5.69 Å². The van der Waals surface area contributed by atoms with E-state index < -0.39 is 11.2 Å². The van der Waals surface area contributed by atoms with Crippen LogP contribution in [0.5, 0.6) is 0 Å². The quantitative estimate of drug-likeness (QED) is 0.355. The molecular formula is C9H12N6O2. The molecule has 0 aliphatic heterocycles. The Morgan fingerprint density at radius 1 is 1.59 bits per heavy atom. The third kappa shape index (κ3) is 1.54. The van der Waals surface area contributed by atoms with Gasteiger partial charge in [0.15, 0.2) is 11.2 Å². The van der Waals surface area contributed by atoms with Crippen molar-refractivity contribution in [2.24, 2.45) is 12.9 Å². The molecule has 2 aromatic rings. The number of hydrogen-bond acceptors (Lipinski definition) is 5. The molecule has 90 valence electrons. The van der Waals surface area contributed by atoms with Gasteiger partial charge in [0.2, 0.25) is 5.95 Å². The highest BCUT2D eigenvalue weighted by Gasteiger charge is 2.15. The van der Waals surface area contributed by atoms with E-state index in [1.165, 1.54) is 11.6 Å². The van der Waals surface area contributed by atoms with E-state index in [1.807, 2.05) is 0 Å². The molecule has 0 saturated carbocycles. The number of hydrazine groups is 1. The first kappa shape index (κ1) is 11.1. The number of aryl methyl sites for hydroxylation is 1. The Labute approximate surface area is 95.4 Å². The highest BCUT2D eigenvalue weighted by molar-refractivity contribution is 5.74. The summed E-state index contributed by atoms with van der Waals surface area (Å²) in [5.74, 6) is 5.61. The van der Waals surface area contributed by atoms with Gasteiger partial charge in [0.25, 0.3) is 5.56 Å². The van der Waals surface area contributed by atoms with Crippen LogP contribution in [0.2, 0.25) is 0 Å². The van der Waals surface area contributed by atoms with Crippen molar-refractivity contribution < 1.29 is 0 Å². The lowest BCUT2D eigenvalue weighted by Gasteiger charge is -2.03. The van der Waals surface area contributed by atoms with E-state index in [2.05, 4.69) is 22.0 Å². The Morgan fingerprint density at radius 3 is 2.88 bits per heavy atom. The molecule has 0 amide bonds. The molecule has 0 atom stereocenters. The minimum Gasteiger partial charge on any atom is -0.299 e. The number of anilines is 1. The van der Waals surface area contributed by atoms with Gasteiger partial charge in [0, 0.05) is 13.6 Å².